The van der Waals surface area contributed by atoms with Crippen LogP contribution in [0.3, 0.4) is 0 Å². The van der Waals surface area contributed by atoms with Crippen molar-refractivity contribution >= 4 is 0 Å². The summed E-state index contributed by atoms with van der Waals surface area (Å²) in [6.07, 6.45) is 1.25. The maximum Gasteiger partial charge on any atom is 0.0109 e. The summed E-state index contributed by atoms with van der Waals surface area (Å²) in [6.45, 7) is 9.77. The van der Waals surface area contributed by atoms with Crippen molar-refractivity contribution in [2.75, 3.05) is 54.9 Å². The Labute approximate surface area is 103 Å². The van der Waals surface area contributed by atoms with Gasteiger partial charge in [-0.1, -0.05) is 13.8 Å². The molecular formula is C13H33N3. The molecule has 0 rings (SSSR count). The van der Waals surface area contributed by atoms with E-state index in [2.05, 4.69) is 56.9 Å². The molecule has 1 atom stereocenters. The fourth-order valence-corrected chi connectivity index (χ4v) is 1.24. The topological polar surface area (TPSA) is 9.72 Å². The Morgan fingerprint density at radius 2 is 1.19 bits per heavy atom. The molecule has 0 spiro atoms. The number of hydrogen-bond acceptors (Lipinski definition) is 3. The van der Waals surface area contributed by atoms with Gasteiger partial charge < -0.3 is 14.7 Å². The zero-order valence-electron chi connectivity index (χ0n) is 12.7. The second-order valence-corrected chi connectivity index (χ2v) is 4.72. The van der Waals surface area contributed by atoms with E-state index >= 15 is 0 Å². The fourth-order valence-electron chi connectivity index (χ4n) is 1.24. The molecule has 0 bridgehead atoms. The maximum atomic E-state index is 2.43. The normalized spacial score (nSPS) is 12.9. The van der Waals surface area contributed by atoms with Crippen molar-refractivity contribution < 1.29 is 0 Å². The van der Waals surface area contributed by atoms with Crippen molar-refractivity contribution in [3.63, 3.8) is 0 Å². The standard InChI is InChI=1S/C11H27N3.C2H6/c1-11(7-8-12(2)3)14(6)10-9-13(4)5;1-2/h11H,7-10H2,1-6H3;1-2H3. The lowest BCUT2D eigenvalue weighted by Gasteiger charge is -2.27. The SMILES string of the molecule is CC.CC(CCN(C)C)N(C)CCN(C)C. The van der Waals surface area contributed by atoms with Gasteiger partial charge in [-0.2, -0.15) is 0 Å². The highest BCUT2D eigenvalue weighted by Crippen LogP contribution is 2.01. The van der Waals surface area contributed by atoms with Crippen molar-refractivity contribution in [1.29, 1.82) is 0 Å². The molecule has 1 unspecified atom stereocenters. The van der Waals surface area contributed by atoms with Gasteiger partial charge in [0, 0.05) is 19.1 Å². The van der Waals surface area contributed by atoms with Gasteiger partial charge in [-0.15, -0.1) is 0 Å². The Kier molecular flexibility index (Phi) is 13.0. The van der Waals surface area contributed by atoms with E-state index in [-0.39, 0.29) is 0 Å². The maximum absolute atomic E-state index is 2.43. The monoisotopic (exact) mass is 231 g/mol. The second-order valence-electron chi connectivity index (χ2n) is 4.72. The summed E-state index contributed by atoms with van der Waals surface area (Å²) in [5, 5.41) is 0. The van der Waals surface area contributed by atoms with Crippen LogP contribution in [0.1, 0.15) is 27.2 Å². The molecule has 0 amide bonds. The minimum atomic E-state index is 0.678. The van der Waals surface area contributed by atoms with Gasteiger partial charge in [0.05, 0.1) is 0 Å². The third-order valence-electron chi connectivity index (χ3n) is 2.65. The van der Waals surface area contributed by atoms with Crippen LogP contribution in [0.5, 0.6) is 0 Å². The molecule has 0 radical (unpaired) electrons. The summed E-state index contributed by atoms with van der Waals surface area (Å²) >= 11 is 0. The molecule has 0 heterocycles. The van der Waals surface area contributed by atoms with Crippen LogP contribution in [0, 0.1) is 0 Å². The average Bonchev–Trinajstić information content (AvgIpc) is 2.25. The number of hydrogen-bond donors (Lipinski definition) is 0. The predicted molar refractivity (Wildman–Crippen MR) is 75.2 cm³/mol. The fraction of sp³-hybridized carbons (Fsp3) is 1.00. The molecule has 0 fully saturated rings. The van der Waals surface area contributed by atoms with Gasteiger partial charge in [-0.25, -0.2) is 0 Å². The summed E-state index contributed by atoms with van der Waals surface area (Å²) in [7, 11) is 10.7. The van der Waals surface area contributed by atoms with Gasteiger partial charge in [-0.05, 0) is 55.1 Å². The molecule has 3 heteroatoms. The first-order valence-corrected chi connectivity index (χ1v) is 6.43. The van der Waals surface area contributed by atoms with Crippen LogP contribution < -0.4 is 0 Å². The third-order valence-corrected chi connectivity index (χ3v) is 2.65. The molecule has 0 N–H and O–H groups in total. The van der Waals surface area contributed by atoms with E-state index in [0.717, 1.165) is 13.1 Å². The molecular weight excluding hydrogens is 198 g/mol. The summed E-state index contributed by atoms with van der Waals surface area (Å²) in [5.74, 6) is 0. The first-order valence-electron chi connectivity index (χ1n) is 6.43. The van der Waals surface area contributed by atoms with Crippen molar-refractivity contribution in [3.05, 3.63) is 0 Å². The van der Waals surface area contributed by atoms with Gasteiger partial charge in [0.2, 0.25) is 0 Å². The molecule has 0 aromatic carbocycles. The summed E-state index contributed by atoms with van der Waals surface area (Å²) in [4.78, 5) is 6.91. The third kappa shape index (κ3) is 12.0. The lowest BCUT2D eigenvalue weighted by Crippen LogP contribution is -2.36. The van der Waals surface area contributed by atoms with Crippen molar-refractivity contribution in [2.24, 2.45) is 0 Å². The highest BCUT2D eigenvalue weighted by molar-refractivity contribution is 4.65. The first kappa shape index (κ1) is 18.3. The zero-order chi connectivity index (χ0) is 13.1. The van der Waals surface area contributed by atoms with E-state index in [1.807, 2.05) is 13.8 Å². The minimum Gasteiger partial charge on any atom is -0.309 e. The molecule has 3 nitrogen and oxygen atoms in total. The Bertz CT molecular complexity index is 119. The lowest BCUT2D eigenvalue weighted by molar-refractivity contribution is 0.207. The molecule has 0 aliphatic heterocycles. The Morgan fingerprint density at radius 1 is 0.750 bits per heavy atom. The molecule has 0 aliphatic carbocycles. The Morgan fingerprint density at radius 3 is 1.56 bits per heavy atom. The zero-order valence-corrected chi connectivity index (χ0v) is 12.7. The molecule has 16 heavy (non-hydrogen) atoms. The average molecular weight is 231 g/mol. The van der Waals surface area contributed by atoms with Crippen LogP contribution in [-0.2, 0) is 0 Å². The summed E-state index contributed by atoms with van der Waals surface area (Å²) in [6, 6.07) is 0.678. The van der Waals surface area contributed by atoms with Crippen LogP contribution in [0.25, 0.3) is 0 Å². The Balaban J connectivity index is 0. The minimum absolute atomic E-state index is 0.678. The van der Waals surface area contributed by atoms with E-state index in [1.165, 1.54) is 13.0 Å². The number of rotatable bonds is 7. The van der Waals surface area contributed by atoms with E-state index in [4.69, 9.17) is 0 Å². The number of likely N-dealkylation sites (N-methyl/N-ethyl adjacent to an activating group) is 2. The number of nitrogens with zero attached hydrogens (tertiary/aromatic N) is 3. The molecule has 0 saturated carbocycles. The van der Waals surface area contributed by atoms with Gasteiger partial charge >= 0.3 is 0 Å². The molecule has 0 aromatic rings. The van der Waals surface area contributed by atoms with Gasteiger partial charge in [0.25, 0.3) is 0 Å². The molecule has 0 aromatic heterocycles. The first-order chi connectivity index (χ1) is 7.43. The van der Waals surface area contributed by atoms with Crippen molar-refractivity contribution in [2.45, 2.75) is 33.2 Å². The van der Waals surface area contributed by atoms with Gasteiger partial charge in [0.15, 0.2) is 0 Å². The quantitative estimate of drug-likeness (QED) is 0.662. The van der Waals surface area contributed by atoms with Crippen LogP contribution >= 0.6 is 0 Å². The van der Waals surface area contributed by atoms with E-state index < -0.39 is 0 Å². The Hall–Kier alpha value is -0.120. The summed E-state index contributed by atoms with van der Waals surface area (Å²) in [5.41, 5.74) is 0. The highest BCUT2D eigenvalue weighted by Gasteiger charge is 2.08. The van der Waals surface area contributed by atoms with Crippen LogP contribution in [0.2, 0.25) is 0 Å². The predicted octanol–water partition coefficient (Wildman–Crippen LogP) is 1.85. The van der Waals surface area contributed by atoms with Gasteiger partial charge in [-0.3, -0.25) is 0 Å². The van der Waals surface area contributed by atoms with E-state index in [0.29, 0.717) is 6.04 Å². The van der Waals surface area contributed by atoms with Crippen molar-refractivity contribution in [1.82, 2.24) is 14.7 Å². The van der Waals surface area contributed by atoms with E-state index in [1.54, 1.807) is 0 Å². The smallest absolute Gasteiger partial charge is 0.0109 e. The molecule has 0 aliphatic rings. The summed E-state index contributed by atoms with van der Waals surface area (Å²) < 4.78 is 0. The molecule has 0 saturated heterocycles. The van der Waals surface area contributed by atoms with Crippen LogP contribution in [-0.4, -0.2) is 75.6 Å². The largest absolute Gasteiger partial charge is 0.309 e. The second kappa shape index (κ2) is 11.4. The van der Waals surface area contributed by atoms with Crippen molar-refractivity contribution in [3.8, 4) is 0 Å². The van der Waals surface area contributed by atoms with Crippen LogP contribution in [0.15, 0.2) is 0 Å². The van der Waals surface area contributed by atoms with Gasteiger partial charge in [0.1, 0.15) is 0 Å². The van der Waals surface area contributed by atoms with Crippen LogP contribution in [0.4, 0.5) is 0 Å². The van der Waals surface area contributed by atoms with E-state index in [9.17, 15) is 0 Å². The highest BCUT2D eigenvalue weighted by atomic mass is 15.2. The molecule has 100 valence electrons. The lowest BCUT2D eigenvalue weighted by atomic mass is 10.2.